The zero-order chi connectivity index (χ0) is 38.5. The van der Waals surface area contributed by atoms with Crippen LogP contribution < -0.4 is 9.80 Å². The van der Waals surface area contributed by atoms with Gasteiger partial charge in [0.25, 0.3) is 0 Å². The number of nitrogens with zero attached hydrogens (tertiary/aromatic N) is 3. The van der Waals surface area contributed by atoms with Crippen molar-refractivity contribution in [1.29, 1.82) is 0 Å². The smallest absolute Gasteiger partial charge is 0.0543 e. The van der Waals surface area contributed by atoms with Crippen molar-refractivity contribution in [3.05, 3.63) is 193 Å². The Labute approximate surface area is 336 Å². The van der Waals surface area contributed by atoms with E-state index in [1.165, 1.54) is 66.2 Å². The van der Waals surface area contributed by atoms with Crippen molar-refractivity contribution in [3.63, 3.8) is 0 Å². The lowest BCUT2D eigenvalue weighted by atomic mass is 9.71. The highest BCUT2D eigenvalue weighted by Gasteiger charge is 2.44. The van der Waals surface area contributed by atoms with Crippen molar-refractivity contribution >= 4 is 66.7 Å². The molecule has 0 saturated carbocycles. The van der Waals surface area contributed by atoms with Crippen LogP contribution in [-0.4, -0.2) is 4.57 Å². The number of benzene rings is 8. The molecule has 0 saturated heterocycles. The maximum Gasteiger partial charge on any atom is 0.0543 e. The first-order chi connectivity index (χ1) is 28.1. The summed E-state index contributed by atoms with van der Waals surface area (Å²) in [4.78, 5) is 4.92. The number of hydrogen-bond donors (Lipinski definition) is 0. The van der Waals surface area contributed by atoms with Gasteiger partial charge in [0.15, 0.2) is 0 Å². The Hall–Kier alpha value is -6.58. The SMILES string of the molecule is CCCC1(CCC)c2cc(N(c3ccccc3)c3ccccc3)ccc2-c2c1cc(N(c1ccccc1)c1ccc3c4ccccc4n(C)c3c1)c1ccccc21. The first-order valence-corrected chi connectivity index (χ1v) is 20.5. The standard InChI is InChI=1S/C54H47N3/c1-4-33-54(34-5-2)48-35-41(56(38-19-9-6-10-20-38)39-21-11-7-12-22-39)30-32-47(48)53-46-27-16-15-26-44(46)52(37-49(53)54)57(40-23-13-8-14-24-40)42-29-31-45-43-25-17-18-28-50(43)55(3)51(45)36-42/h6-32,35-37H,4-5,33-34H2,1-3H3. The molecular weight excluding hydrogens is 691 g/mol. The van der Waals surface area contributed by atoms with Crippen LogP contribution in [0, 0.1) is 0 Å². The molecule has 8 aromatic carbocycles. The molecule has 9 aromatic rings. The zero-order valence-electron chi connectivity index (χ0n) is 33.0. The van der Waals surface area contributed by atoms with Crippen molar-refractivity contribution < 1.29 is 0 Å². The summed E-state index contributed by atoms with van der Waals surface area (Å²) in [5, 5.41) is 5.13. The Bertz CT molecular complexity index is 2850. The van der Waals surface area contributed by atoms with E-state index in [0.29, 0.717) is 0 Å². The number of anilines is 6. The van der Waals surface area contributed by atoms with Crippen molar-refractivity contribution in [2.45, 2.75) is 44.9 Å². The van der Waals surface area contributed by atoms with Crippen LogP contribution in [0.25, 0.3) is 43.7 Å². The molecule has 1 aromatic heterocycles. The van der Waals surface area contributed by atoms with Crippen LogP contribution in [0.1, 0.15) is 50.7 Å². The lowest BCUT2D eigenvalue weighted by Gasteiger charge is -2.35. The van der Waals surface area contributed by atoms with Crippen molar-refractivity contribution in [2.24, 2.45) is 7.05 Å². The Morgan fingerprint density at radius 1 is 0.421 bits per heavy atom. The average molecular weight is 738 g/mol. The molecule has 10 rings (SSSR count). The van der Waals surface area contributed by atoms with Gasteiger partial charge in [0.2, 0.25) is 0 Å². The molecule has 0 atom stereocenters. The van der Waals surface area contributed by atoms with Crippen LogP contribution in [-0.2, 0) is 12.5 Å². The monoisotopic (exact) mass is 737 g/mol. The highest BCUT2D eigenvalue weighted by atomic mass is 15.2. The van der Waals surface area contributed by atoms with Gasteiger partial charge in [-0.3, -0.25) is 0 Å². The van der Waals surface area contributed by atoms with E-state index in [1.54, 1.807) is 0 Å². The van der Waals surface area contributed by atoms with Gasteiger partial charge in [-0.15, -0.1) is 0 Å². The quantitative estimate of drug-likeness (QED) is 0.138. The topological polar surface area (TPSA) is 11.4 Å². The van der Waals surface area contributed by atoms with Crippen LogP contribution in [0.15, 0.2) is 182 Å². The molecule has 1 aliphatic carbocycles. The molecule has 0 aliphatic heterocycles. The van der Waals surface area contributed by atoms with Crippen LogP contribution in [0.2, 0.25) is 0 Å². The summed E-state index contributed by atoms with van der Waals surface area (Å²) < 4.78 is 2.34. The average Bonchev–Trinajstić information content (AvgIpc) is 3.70. The molecule has 3 nitrogen and oxygen atoms in total. The number of para-hydroxylation sites is 4. The van der Waals surface area contributed by atoms with Crippen LogP contribution >= 0.6 is 0 Å². The van der Waals surface area contributed by atoms with Gasteiger partial charge in [0.1, 0.15) is 0 Å². The fraction of sp³-hybridized carbons (Fsp3) is 0.148. The maximum atomic E-state index is 2.58. The highest BCUT2D eigenvalue weighted by molar-refractivity contribution is 6.12. The summed E-state index contributed by atoms with van der Waals surface area (Å²) in [7, 11) is 2.19. The van der Waals surface area contributed by atoms with Gasteiger partial charge >= 0.3 is 0 Å². The normalized spacial score (nSPS) is 12.9. The third kappa shape index (κ3) is 5.56. The Morgan fingerprint density at radius 2 is 0.930 bits per heavy atom. The molecule has 0 unspecified atom stereocenters. The van der Waals surface area contributed by atoms with Crippen molar-refractivity contribution in [2.75, 3.05) is 9.80 Å². The molecule has 0 amide bonds. The van der Waals surface area contributed by atoms with Gasteiger partial charge in [-0.1, -0.05) is 136 Å². The summed E-state index contributed by atoms with van der Waals surface area (Å²) >= 11 is 0. The number of rotatable bonds is 10. The number of hydrogen-bond acceptors (Lipinski definition) is 2. The second-order valence-corrected chi connectivity index (χ2v) is 15.6. The van der Waals surface area contributed by atoms with E-state index in [4.69, 9.17) is 0 Å². The maximum absolute atomic E-state index is 2.58. The molecular formula is C54H47N3. The third-order valence-corrected chi connectivity index (χ3v) is 12.4. The van der Waals surface area contributed by atoms with E-state index in [-0.39, 0.29) is 5.41 Å². The molecule has 0 N–H and O–H groups in total. The van der Waals surface area contributed by atoms with Crippen LogP contribution in [0.4, 0.5) is 34.1 Å². The molecule has 3 heteroatoms. The van der Waals surface area contributed by atoms with E-state index in [9.17, 15) is 0 Å². The van der Waals surface area contributed by atoms with E-state index in [1.807, 2.05) is 0 Å². The first-order valence-electron chi connectivity index (χ1n) is 20.5. The number of aromatic nitrogens is 1. The van der Waals surface area contributed by atoms with Gasteiger partial charge in [0, 0.05) is 62.6 Å². The second-order valence-electron chi connectivity index (χ2n) is 15.6. The summed E-state index contributed by atoms with van der Waals surface area (Å²) in [6.07, 6.45) is 4.33. The van der Waals surface area contributed by atoms with E-state index < -0.39 is 0 Å². The molecule has 1 heterocycles. The molecule has 0 fully saturated rings. The Kier molecular flexibility index (Phi) is 8.67. The van der Waals surface area contributed by atoms with Crippen molar-refractivity contribution in [3.8, 4) is 11.1 Å². The van der Waals surface area contributed by atoms with Crippen LogP contribution in [0.3, 0.4) is 0 Å². The first kappa shape index (κ1) is 34.9. The summed E-state index contributed by atoms with van der Waals surface area (Å²) in [6.45, 7) is 4.72. The highest BCUT2D eigenvalue weighted by Crippen LogP contribution is 2.59. The third-order valence-electron chi connectivity index (χ3n) is 12.4. The largest absolute Gasteiger partial charge is 0.344 e. The number of aryl methyl sites for hydroxylation is 1. The minimum atomic E-state index is -0.149. The number of fused-ring (bicyclic) bond motifs is 8. The molecule has 0 spiro atoms. The molecule has 57 heavy (non-hydrogen) atoms. The molecule has 0 radical (unpaired) electrons. The Morgan fingerprint density at radius 3 is 1.56 bits per heavy atom. The van der Waals surface area contributed by atoms with Crippen LogP contribution in [0.5, 0.6) is 0 Å². The van der Waals surface area contributed by atoms with Gasteiger partial charge < -0.3 is 14.4 Å². The van der Waals surface area contributed by atoms with E-state index in [2.05, 4.69) is 217 Å². The van der Waals surface area contributed by atoms with E-state index in [0.717, 1.165) is 48.4 Å². The fourth-order valence-corrected chi connectivity index (χ4v) is 10.1. The zero-order valence-corrected chi connectivity index (χ0v) is 33.0. The summed E-state index contributed by atoms with van der Waals surface area (Å²) in [6, 6.07) is 67.3. The van der Waals surface area contributed by atoms with Gasteiger partial charge in [-0.2, -0.15) is 0 Å². The summed E-state index contributed by atoms with van der Waals surface area (Å²) in [5.41, 5.74) is 15.0. The van der Waals surface area contributed by atoms with E-state index >= 15 is 0 Å². The molecule has 0 bridgehead atoms. The molecule has 278 valence electrons. The van der Waals surface area contributed by atoms with Gasteiger partial charge in [-0.25, -0.2) is 0 Å². The fourth-order valence-electron chi connectivity index (χ4n) is 10.1. The lowest BCUT2D eigenvalue weighted by molar-refractivity contribution is 0.436. The second kappa shape index (κ2) is 14.2. The predicted molar refractivity (Wildman–Crippen MR) is 243 cm³/mol. The predicted octanol–water partition coefficient (Wildman–Crippen LogP) is 15.3. The van der Waals surface area contributed by atoms with Crippen molar-refractivity contribution in [1.82, 2.24) is 4.57 Å². The minimum absolute atomic E-state index is 0.149. The van der Waals surface area contributed by atoms with Gasteiger partial charge in [0.05, 0.1) is 11.2 Å². The summed E-state index contributed by atoms with van der Waals surface area (Å²) in [5.74, 6) is 0. The van der Waals surface area contributed by atoms with Gasteiger partial charge in [-0.05, 0) is 113 Å². The molecule has 1 aliphatic rings. The minimum Gasteiger partial charge on any atom is -0.344 e. The lowest BCUT2D eigenvalue weighted by Crippen LogP contribution is -2.26. The Balaban J connectivity index is 1.23.